The molecule has 3 heteroatoms. The van der Waals surface area contributed by atoms with Gasteiger partial charge in [-0.05, 0) is 53.4 Å². The van der Waals surface area contributed by atoms with Gasteiger partial charge in [-0.1, -0.05) is 127 Å². The average Bonchev–Trinajstić information content (AvgIpc) is 3.41. The predicted molar refractivity (Wildman–Crippen MR) is 180 cm³/mol. The van der Waals surface area contributed by atoms with E-state index in [0.717, 1.165) is 33.5 Å². The van der Waals surface area contributed by atoms with Gasteiger partial charge < -0.3 is 0 Å². The van der Waals surface area contributed by atoms with Gasteiger partial charge >= 0.3 is 0 Å². The number of fused-ring (bicyclic) bond motifs is 5. The molecule has 0 saturated heterocycles. The second-order valence-electron chi connectivity index (χ2n) is 11.1. The first-order chi connectivity index (χ1) is 21.2. The highest BCUT2D eigenvalue weighted by molar-refractivity contribution is 6.26. The van der Waals surface area contributed by atoms with E-state index in [-0.39, 0.29) is 0 Å². The smallest absolute Gasteiger partial charge is 0.235 e. The zero-order valence-electron chi connectivity index (χ0n) is 24.1. The molecule has 0 spiro atoms. The van der Waals surface area contributed by atoms with Gasteiger partial charge in [0.2, 0.25) is 5.95 Å². The van der Waals surface area contributed by atoms with Crippen LogP contribution in [-0.2, 0) is 0 Å². The van der Waals surface area contributed by atoms with Gasteiger partial charge in [0.05, 0.1) is 22.4 Å². The molecule has 3 nitrogen and oxygen atoms in total. The van der Waals surface area contributed by atoms with Gasteiger partial charge in [0, 0.05) is 27.5 Å². The summed E-state index contributed by atoms with van der Waals surface area (Å²) in [5, 5.41) is 4.92. The van der Waals surface area contributed by atoms with Gasteiger partial charge in [-0.2, -0.15) is 0 Å². The van der Waals surface area contributed by atoms with Gasteiger partial charge in [0.1, 0.15) is 0 Å². The summed E-state index contributed by atoms with van der Waals surface area (Å²) in [6.07, 6.45) is 0. The number of aryl methyl sites for hydroxylation is 2. The van der Waals surface area contributed by atoms with Crippen molar-refractivity contribution in [2.45, 2.75) is 13.8 Å². The largest absolute Gasteiger partial charge is 0.277 e. The lowest BCUT2D eigenvalue weighted by molar-refractivity contribution is 0.996. The molecule has 0 unspecified atom stereocenters. The molecule has 0 amide bonds. The van der Waals surface area contributed by atoms with E-state index in [4.69, 9.17) is 9.97 Å². The van der Waals surface area contributed by atoms with Crippen LogP contribution in [0.15, 0.2) is 140 Å². The highest BCUT2D eigenvalue weighted by Gasteiger charge is 2.24. The third-order valence-electron chi connectivity index (χ3n) is 8.55. The first-order valence-electron chi connectivity index (χ1n) is 14.7. The molecular formula is C40H29N3. The van der Waals surface area contributed by atoms with Gasteiger partial charge in [-0.25, -0.2) is 9.97 Å². The third-order valence-corrected chi connectivity index (χ3v) is 8.55. The van der Waals surface area contributed by atoms with Crippen LogP contribution in [0.4, 0.5) is 0 Å². The van der Waals surface area contributed by atoms with Crippen LogP contribution >= 0.6 is 0 Å². The molecule has 0 atom stereocenters. The molecule has 8 rings (SSSR count). The molecule has 2 heterocycles. The Morgan fingerprint density at radius 1 is 0.512 bits per heavy atom. The quantitative estimate of drug-likeness (QED) is 0.218. The number of aromatic nitrogens is 3. The van der Waals surface area contributed by atoms with E-state index in [1.165, 1.54) is 43.8 Å². The van der Waals surface area contributed by atoms with Crippen molar-refractivity contribution in [3.63, 3.8) is 0 Å². The lowest BCUT2D eigenvalue weighted by Gasteiger charge is -2.18. The zero-order valence-corrected chi connectivity index (χ0v) is 24.1. The Morgan fingerprint density at radius 3 is 1.70 bits per heavy atom. The highest BCUT2D eigenvalue weighted by Crippen LogP contribution is 2.45. The van der Waals surface area contributed by atoms with E-state index in [9.17, 15) is 0 Å². The van der Waals surface area contributed by atoms with E-state index in [2.05, 4.69) is 146 Å². The second-order valence-corrected chi connectivity index (χ2v) is 11.1. The average molecular weight is 552 g/mol. The third kappa shape index (κ3) is 4.04. The van der Waals surface area contributed by atoms with Crippen LogP contribution in [0.5, 0.6) is 0 Å². The maximum absolute atomic E-state index is 5.29. The molecule has 0 aliphatic carbocycles. The van der Waals surface area contributed by atoms with Crippen molar-refractivity contribution in [3.05, 3.63) is 151 Å². The summed E-state index contributed by atoms with van der Waals surface area (Å²) in [6, 6.07) is 49.0. The Morgan fingerprint density at radius 2 is 1.05 bits per heavy atom. The molecule has 0 aliphatic heterocycles. The van der Waals surface area contributed by atoms with Crippen molar-refractivity contribution < 1.29 is 0 Å². The monoisotopic (exact) mass is 551 g/mol. The van der Waals surface area contributed by atoms with Crippen molar-refractivity contribution >= 4 is 32.6 Å². The fourth-order valence-electron chi connectivity index (χ4n) is 6.53. The summed E-state index contributed by atoms with van der Waals surface area (Å²) in [4.78, 5) is 10.6. The molecule has 0 bridgehead atoms. The van der Waals surface area contributed by atoms with Gasteiger partial charge in [0.15, 0.2) is 0 Å². The molecule has 0 aliphatic rings. The summed E-state index contributed by atoms with van der Waals surface area (Å²) >= 11 is 0. The van der Waals surface area contributed by atoms with E-state index < -0.39 is 0 Å². The first kappa shape index (κ1) is 25.2. The Balaban J connectivity index is 1.58. The first-order valence-corrected chi connectivity index (χ1v) is 14.7. The molecule has 0 N–H and O–H groups in total. The van der Waals surface area contributed by atoms with Crippen LogP contribution in [0.3, 0.4) is 0 Å². The molecule has 204 valence electrons. The van der Waals surface area contributed by atoms with Crippen LogP contribution in [0.25, 0.3) is 72.2 Å². The molecule has 0 saturated carbocycles. The standard InChI is InChI=1S/C40H29N3/c1-26-15-9-10-20-30(26)37-27(2)31-21-11-12-22-32(31)38-33-23-13-14-24-36(33)43(39(37)38)40-41-34(28-16-5-3-6-17-28)25-35(42-40)29-18-7-4-8-19-29/h3-25H,1-2H3. The van der Waals surface area contributed by atoms with Crippen LogP contribution in [0.1, 0.15) is 11.1 Å². The lowest BCUT2D eigenvalue weighted by atomic mass is 9.89. The molecule has 0 fully saturated rings. The van der Waals surface area contributed by atoms with Crippen molar-refractivity contribution in [2.24, 2.45) is 0 Å². The molecule has 8 aromatic rings. The minimum Gasteiger partial charge on any atom is -0.277 e. The van der Waals surface area contributed by atoms with E-state index in [1.54, 1.807) is 0 Å². The number of benzene rings is 6. The number of hydrogen-bond donors (Lipinski definition) is 0. The summed E-state index contributed by atoms with van der Waals surface area (Å²) in [5.41, 5.74) is 11.1. The lowest BCUT2D eigenvalue weighted by Crippen LogP contribution is -2.05. The topological polar surface area (TPSA) is 30.7 Å². The summed E-state index contributed by atoms with van der Waals surface area (Å²) in [5.74, 6) is 0.663. The van der Waals surface area contributed by atoms with Gasteiger partial charge in [0.25, 0.3) is 0 Å². The number of rotatable bonds is 4. The van der Waals surface area contributed by atoms with E-state index >= 15 is 0 Å². The van der Waals surface area contributed by atoms with E-state index in [1.807, 2.05) is 12.1 Å². The SMILES string of the molecule is Cc1ccccc1-c1c(C)c2ccccc2c2c3ccccc3n(-c3nc(-c4ccccc4)cc(-c4ccccc4)n3)c12. The molecule has 6 aromatic carbocycles. The number of para-hydroxylation sites is 1. The van der Waals surface area contributed by atoms with Crippen LogP contribution in [-0.4, -0.2) is 14.5 Å². The summed E-state index contributed by atoms with van der Waals surface area (Å²) in [6.45, 7) is 4.45. The summed E-state index contributed by atoms with van der Waals surface area (Å²) < 4.78 is 2.30. The second kappa shape index (κ2) is 10.1. The number of hydrogen-bond acceptors (Lipinski definition) is 2. The molecular weight excluding hydrogens is 522 g/mol. The fourth-order valence-corrected chi connectivity index (χ4v) is 6.53. The minimum absolute atomic E-state index is 0.663. The molecule has 0 radical (unpaired) electrons. The molecule has 2 aromatic heterocycles. The Kier molecular flexibility index (Phi) is 5.90. The van der Waals surface area contributed by atoms with Crippen molar-refractivity contribution in [2.75, 3.05) is 0 Å². The van der Waals surface area contributed by atoms with E-state index in [0.29, 0.717) is 5.95 Å². The zero-order chi connectivity index (χ0) is 28.9. The van der Waals surface area contributed by atoms with Gasteiger partial charge in [-0.15, -0.1) is 0 Å². The maximum Gasteiger partial charge on any atom is 0.235 e. The van der Waals surface area contributed by atoms with Crippen molar-refractivity contribution in [1.29, 1.82) is 0 Å². The molecule has 43 heavy (non-hydrogen) atoms. The van der Waals surface area contributed by atoms with Crippen molar-refractivity contribution in [1.82, 2.24) is 14.5 Å². The highest BCUT2D eigenvalue weighted by atomic mass is 15.2. The van der Waals surface area contributed by atoms with Crippen LogP contribution < -0.4 is 0 Å². The van der Waals surface area contributed by atoms with Gasteiger partial charge in [-0.3, -0.25) is 4.57 Å². The minimum atomic E-state index is 0.663. The Bertz CT molecular complexity index is 2240. The predicted octanol–water partition coefficient (Wildman–Crippen LogP) is 10.3. The van der Waals surface area contributed by atoms with Crippen LogP contribution in [0.2, 0.25) is 0 Å². The Labute approximate surface area is 250 Å². The van der Waals surface area contributed by atoms with Crippen LogP contribution in [0, 0.1) is 13.8 Å². The maximum atomic E-state index is 5.29. The Hall–Kier alpha value is -5.54. The normalized spacial score (nSPS) is 11.5. The summed E-state index contributed by atoms with van der Waals surface area (Å²) in [7, 11) is 0. The number of nitrogens with zero attached hydrogens (tertiary/aromatic N) is 3. The van der Waals surface area contributed by atoms with Crippen molar-refractivity contribution in [3.8, 4) is 39.6 Å². The fraction of sp³-hybridized carbons (Fsp3) is 0.0500.